The number of ketones is 1. The van der Waals surface area contributed by atoms with Gasteiger partial charge >= 0.3 is 0 Å². The van der Waals surface area contributed by atoms with Crippen molar-refractivity contribution < 1.29 is 14.7 Å². The van der Waals surface area contributed by atoms with Crippen LogP contribution in [0.5, 0.6) is 0 Å². The second-order valence-corrected chi connectivity index (χ2v) is 6.19. The molecule has 0 aliphatic carbocycles. The van der Waals surface area contributed by atoms with Crippen LogP contribution in [0, 0.1) is 11.8 Å². The lowest BCUT2D eigenvalue weighted by Crippen LogP contribution is -2.44. The van der Waals surface area contributed by atoms with Crippen LogP contribution >= 0.6 is 0 Å². The fraction of sp³-hybridized carbons (Fsp3) is 0.867. The molecule has 0 aromatic carbocycles. The van der Waals surface area contributed by atoms with Crippen molar-refractivity contribution >= 4 is 11.7 Å². The van der Waals surface area contributed by atoms with Crippen molar-refractivity contribution in [3.63, 3.8) is 0 Å². The van der Waals surface area contributed by atoms with Crippen LogP contribution in [-0.4, -0.2) is 65.9 Å². The fourth-order valence-corrected chi connectivity index (χ4v) is 3.62. The average molecular weight is 282 g/mol. The largest absolute Gasteiger partial charge is 0.387 e. The molecule has 2 aliphatic rings. The summed E-state index contributed by atoms with van der Waals surface area (Å²) in [7, 11) is 0. The van der Waals surface area contributed by atoms with E-state index >= 15 is 0 Å². The third-order valence-corrected chi connectivity index (χ3v) is 4.77. The number of carbonyl (C=O) groups excluding carboxylic acids is 2. The van der Waals surface area contributed by atoms with Crippen LogP contribution in [-0.2, 0) is 9.59 Å². The lowest BCUT2D eigenvalue weighted by atomic mass is 9.79. The number of rotatable bonds is 4. The number of nitrogens with zero attached hydrogens (tertiary/aromatic N) is 2. The van der Waals surface area contributed by atoms with Crippen LogP contribution in [0.3, 0.4) is 0 Å². The van der Waals surface area contributed by atoms with Crippen molar-refractivity contribution in [2.45, 2.75) is 32.6 Å². The first-order valence-electron chi connectivity index (χ1n) is 7.70. The SMILES string of the molecule is CC(=O)CN1CCC(C2CCN(C(=O)CO)CC2)CC1. The van der Waals surface area contributed by atoms with Gasteiger partial charge in [0.25, 0.3) is 0 Å². The van der Waals surface area contributed by atoms with Gasteiger partial charge in [0.1, 0.15) is 12.4 Å². The molecule has 1 amide bonds. The van der Waals surface area contributed by atoms with E-state index < -0.39 is 0 Å². The van der Waals surface area contributed by atoms with Gasteiger partial charge in [0, 0.05) is 13.1 Å². The zero-order valence-electron chi connectivity index (χ0n) is 12.4. The summed E-state index contributed by atoms with van der Waals surface area (Å²) in [5.74, 6) is 1.56. The van der Waals surface area contributed by atoms with Crippen LogP contribution in [0.2, 0.25) is 0 Å². The summed E-state index contributed by atoms with van der Waals surface area (Å²) < 4.78 is 0. The van der Waals surface area contributed by atoms with E-state index in [2.05, 4.69) is 4.90 Å². The fourth-order valence-electron chi connectivity index (χ4n) is 3.62. The first-order chi connectivity index (χ1) is 9.60. The first-order valence-corrected chi connectivity index (χ1v) is 7.70. The molecule has 2 aliphatic heterocycles. The molecule has 0 aromatic rings. The number of hydrogen-bond donors (Lipinski definition) is 1. The molecule has 0 saturated carbocycles. The molecule has 2 saturated heterocycles. The minimum Gasteiger partial charge on any atom is -0.387 e. The Hall–Kier alpha value is -0.940. The van der Waals surface area contributed by atoms with Gasteiger partial charge in [0.15, 0.2) is 0 Å². The Morgan fingerprint density at radius 2 is 1.50 bits per heavy atom. The van der Waals surface area contributed by atoms with Crippen molar-refractivity contribution in [1.82, 2.24) is 9.80 Å². The van der Waals surface area contributed by atoms with Crippen molar-refractivity contribution in [2.75, 3.05) is 39.3 Å². The van der Waals surface area contributed by atoms with Crippen LogP contribution in [0.4, 0.5) is 0 Å². The maximum atomic E-state index is 11.4. The highest BCUT2D eigenvalue weighted by Crippen LogP contribution is 2.32. The Morgan fingerprint density at radius 3 is 1.95 bits per heavy atom. The number of likely N-dealkylation sites (tertiary alicyclic amines) is 2. The third kappa shape index (κ3) is 4.03. The second kappa shape index (κ2) is 7.18. The molecule has 0 radical (unpaired) electrons. The molecule has 0 unspecified atom stereocenters. The van der Waals surface area contributed by atoms with Crippen LogP contribution in [0.25, 0.3) is 0 Å². The van der Waals surface area contributed by atoms with Crippen molar-refractivity contribution in [3.05, 3.63) is 0 Å². The highest BCUT2D eigenvalue weighted by atomic mass is 16.3. The quantitative estimate of drug-likeness (QED) is 0.816. The number of piperidine rings is 2. The maximum Gasteiger partial charge on any atom is 0.248 e. The Kier molecular flexibility index (Phi) is 5.54. The Morgan fingerprint density at radius 1 is 1.00 bits per heavy atom. The predicted molar refractivity (Wildman–Crippen MR) is 76.2 cm³/mol. The van der Waals surface area contributed by atoms with E-state index in [9.17, 15) is 9.59 Å². The molecule has 20 heavy (non-hydrogen) atoms. The lowest BCUT2D eigenvalue weighted by molar-refractivity contribution is -0.135. The summed E-state index contributed by atoms with van der Waals surface area (Å²) in [6.45, 7) is 5.51. The number of aliphatic hydroxyl groups is 1. The molecule has 0 aromatic heterocycles. The van der Waals surface area contributed by atoms with Gasteiger partial charge in [0.2, 0.25) is 5.91 Å². The maximum absolute atomic E-state index is 11.4. The minimum absolute atomic E-state index is 0.139. The van der Waals surface area contributed by atoms with Crippen molar-refractivity contribution in [2.24, 2.45) is 11.8 Å². The molecule has 5 heteroatoms. The van der Waals surface area contributed by atoms with Crippen LogP contribution in [0.15, 0.2) is 0 Å². The average Bonchev–Trinajstić information content (AvgIpc) is 2.47. The summed E-state index contributed by atoms with van der Waals surface area (Å²) in [6, 6.07) is 0. The highest BCUT2D eigenvalue weighted by molar-refractivity contribution is 5.77. The summed E-state index contributed by atoms with van der Waals surface area (Å²) in [5, 5.41) is 8.88. The van der Waals surface area contributed by atoms with Crippen molar-refractivity contribution in [1.29, 1.82) is 0 Å². The summed E-state index contributed by atoms with van der Waals surface area (Å²) >= 11 is 0. The van der Waals surface area contributed by atoms with Crippen LogP contribution in [0.1, 0.15) is 32.6 Å². The van der Waals surface area contributed by atoms with E-state index in [0.717, 1.165) is 44.9 Å². The normalized spacial score (nSPS) is 23.0. The molecule has 5 nitrogen and oxygen atoms in total. The molecule has 0 bridgehead atoms. The smallest absolute Gasteiger partial charge is 0.248 e. The number of Topliss-reactive ketones (excluding diaryl/α,β-unsaturated/α-hetero) is 1. The molecule has 2 heterocycles. The molecule has 1 N–H and O–H groups in total. The Balaban J connectivity index is 1.73. The third-order valence-electron chi connectivity index (χ3n) is 4.77. The van der Waals surface area contributed by atoms with Gasteiger partial charge in [-0.05, 0) is 57.5 Å². The summed E-state index contributed by atoms with van der Waals surface area (Å²) in [5.41, 5.74) is 0. The van der Waals surface area contributed by atoms with E-state index in [0.29, 0.717) is 12.5 Å². The van der Waals surface area contributed by atoms with Crippen molar-refractivity contribution in [3.8, 4) is 0 Å². The molecule has 2 fully saturated rings. The van der Waals surface area contributed by atoms with Gasteiger partial charge in [-0.1, -0.05) is 0 Å². The summed E-state index contributed by atoms with van der Waals surface area (Å²) in [4.78, 5) is 26.6. The zero-order chi connectivity index (χ0) is 14.5. The Bertz CT molecular complexity index is 343. The second-order valence-electron chi connectivity index (χ2n) is 6.19. The van der Waals surface area contributed by atoms with Gasteiger partial charge in [-0.3, -0.25) is 14.5 Å². The zero-order valence-corrected chi connectivity index (χ0v) is 12.4. The van der Waals surface area contributed by atoms with Gasteiger partial charge in [-0.15, -0.1) is 0 Å². The topological polar surface area (TPSA) is 60.9 Å². The first kappa shape index (κ1) is 15.4. The van der Waals surface area contributed by atoms with Crippen LogP contribution < -0.4 is 0 Å². The number of amides is 1. The highest BCUT2D eigenvalue weighted by Gasteiger charge is 2.30. The lowest BCUT2D eigenvalue weighted by Gasteiger charge is -2.40. The molecule has 114 valence electrons. The number of carbonyl (C=O) groups is 2. The number of hydrogen-bond acceptors (Lipinski definition) is 4. The molecule has 0 atom stereocenters. The molecular weight excluding hydrogens is 256 g/mol. The predicted octanol–water partition coefficient (Wildman–Crippen LogP) is 0.518. The van der Waals surface area contributed by atoms with Gasteiger partial charge < -0.3 is 10.0 Å². The van der Waals surface area contributed by atoms with E-state index in [-0.39, 0.29) is 18.3 Å². The van der Waals surface area contributed by atoms with E-state index in [1.165, 1.54) is 12.8 Å². The van der Waals surface area contributed by atoms with Gasteiger partial charge in [-0.25, -0.2) is 0 Å². The Labute approximate surface area is 120 Å². The van der Waals surface area contributed by atoms with Gasteiger partial charge in [-0.2, -0.15) is 0 Å². The summed E-state index contributed by atoms with van der Waals surface area (Å²) in [6.07, 6.45) is 4.46. The standard InChI is InChI=1S/C15H26N2O3/c1-12(19)10-16-6-2-13(3-7-16)14-4-8-17(9-5-14)15(20)11-18/h13-14,18H,2-11H2,1H3. The minimum atomic E-state index is -0.367. The van der Waals surface area contributed by atoms with E-state index in [1.54, 1.807) is 11.8 Å². The number of aliphatic hydroxyl groups excluding tert-OH is 1. The monoisotopic (exact) mass is 282 g/mol. The van der Waals surface area contributed by atoms with E-state index in [4.69, 9.17) is 5.11 Å². The molecule has 2 rings (SSSR count). The van der Waals surface area contributed by atoms with E-state index in [1.807, 2.05) is 0 Å². The van der Waals surface area contributed by atoms with Gasteiger partial charge in [0.05, 0.1) is 6.54 Å². The molecule has 0 spiro atoms. The molecular formula is C15H26N2O3.